The number of hydrogen-bond acceptors (Lipinski definition) is 5. The van der Waals surface area contributed by atoms with Gasteiger partial charge in [0.2, 0.25) is 0 Å². The number of nitrogen functional groups attached to an aromatic ring is 1. The van der Waals surface area contributed by atoms with Crippen LogP contribution in [0.2, 0.25) is 0 Å². The number of nitrogens with two attached hydrogens (primary N) is 1. The van der Waals surface area contributed by atoms with Gasteiger partial charge in [0.15, 0.2) is 0 Å². The van der Waals surface area contributed by atoms with Crippen LogP contribution < -0.4 is 11.1 Å². The maximum Gasteiger partial charge on any atom is 0.134 e. The van der Waals surface area contributed by atoms with Crippen LogP contribution in [0.25, 0.3) is 0 Å². The van der Waals surface area contributed by atoms with Crippen molar-refractivity contribution >= 4 is 11.6 Å². The summed E-state index contributed by atoms with van der Waals surface area (Å²) in [6.07, 6.45) is 2.20. The van der Waals surface area contributed by atoms with E-state index in [1.165, 1.54) is 6.33 Å². The molecule has 0 aliphatic heterocycles. The number of hydrogen-bond donors (Lipinski definition) is 3. The van der Waals surface area contributed by atoms with Crippen LogP contribution in [0.15, 0.2) is 6.33 Å². The highest BCUT2D eigenvalue weighted by atomic mass is 16.3. The molecule has 0 aromatic carbocycles. The molecule has 1 aromatic heterocycles. The van der Waals surface area contributed by atoms with Gasteiger partial charge in [-0.05, 0) is 18.8 Å². The van der Waals surface area contributed by atoms with Gasteiger partial charge in [0.1, 0.15) is 18.0 Å². The van der Waals surface area contributed by atoms with Crippen LogP contribution in [0.3, 0.4) is 0 Å². The number of anilines is 2. The van der Waals surface area contributed by atoms with Gasteiger partial charge in [0, 0.05) is 18.7 Å². The van der Waals surface area contributed by atoms with Crippen molar-refractivity contribution in [2.24, 2.45) is 5.41 Å². The van der Waals surface area contributed by atoms with Crippen molar-refractivity contribution in [2.45, 2.75) is 27.2 Å². The lowest BCUT2D eigenvalue weighted by molar-refractivity contribution is 0.220. The SMILES string of the molecule is Cc1c(N)ncnc1NCC(C)(C)CCO. The first-order valence-electron chi connectivity index (χ1n) is 5.38. The fraction of sp³-hybridized carbons (Fsp3) is 0.636. The minimum Gasteiger partial charge on any atom is -0.396 e. The van der Waals surface area contributed by atoms with Gasteiger partial charge in [-0.2, -0.15) is 0 Å². The van der Waals surface area contributed by atoms with Crippen LogP contribution in [0, 0.1) is 12.3 Å². The van der Waals surface area contributed by atoms with Gasteiger partial charge in [0.05, 0.1) is 0 Å². The molecule has 0 radical (unpaired) electrons. The molecule has 0 amide bonds. The van der Waals surface area contributed by atoms with Crippen molar-refractivity contribution in [1.29, 1.82) is 0 Å². The third kappa shape index (κ3) is 3.34. The highest BCUT2D eigenvalue weighted by molar-refractivity contribution is 5.53. The van der Waals surface area contributed by atoms with Crippen LogP contribution in [0.1, 0.15) is 25.8 Å². The van der Waals surface area contributed by atoms with Crippen molar-refractivity contribution in [3.05, 3.63) is 11.9 Å². The number of nitrogens with zero attached hydrogens (tertiary/aromatic N) is 2. The third-order valence-electron chi connectivity index (χ3n) is 2.65. The summed E-state index contributed by atoms with van der Waals surface area (Å²) >= 11 is 0. The third-order valence-corrected chi connectivity index (χ3v) is 2.65. The van der Waals surface area contributed by atoms with E-state index in [0.717, 1.165) is 24.3 Å². The Labute approximate surface area is 96.1 Å². The highest BCUT2D eigenvalue weighted by Gasteiger charge is 2.17. The molecule has 5 heteroatoms. The lowest BCUT2D eigenvalue weighted by Gasteiger charge is -2.24. The van der Waals surface area contributed by atoms with Gasteiger partial charge in [-0.3, -0.25) is 0 Å². The molecule has 0 saturated heterocycles. The first kappa shape index (κ1) is 12.7. The minimum absolute atomic E-state index is 0.0287. The zero-order chi connectivity index (χ0) is 12.2. The summed E-state index contributed by atoms with van der Waals surface area (Å²) in [5.74, 6) is 1.26. The van der Waals surface area contributed by atoms with Crippen molar-refractivity contribution in [3.63, 3.8) is 0 Å². The Kier molecular flexibility index (Phi) is 4.06. The topological polar surface area (TPSA) is 84.1 Å². The molecule has 5 nitrogen and oxygen atoms in total. The van der Waals surface area contributed by atoms with Crippen LogP contribution in [0.4, 0.5) is 11.6 Å². The molecule has 1 heterocycles. The molecule has 0 unspecified atom stereocenters. The highest BCUT2D eigenvalue weighted by Crippen LogP contribution is 2.22. The average molecular weight is 224 g/mol. The fourth-order valence-electron chi connectivity index (χ4n) is 1.36. The van der Waals surface area contributed by atoms with E-state index in [1.807, 2.05) is 6.92 Å². The molecule has 0 bridgehead atoms. The first-order chi connectivity index (χ1) is 7.46. The van der Waals surface area contributed by atoms with Gasteiger partial charge < -0.3 is 16.2 Å². The quantitative estimate of drug-likeness (QED) is 0.699. The monoisotopic (exact) mass is 224 g/mol. The van der Waals surface area contributed by atoms with E-state index in [1.54, 1.807) is 0 Å². The summed E-state index contributed by atoms with van der Waals surface area (Å²) in [5.41, 5.74) is 6.58. The zero-order valence-electron chi connectivity index (χ0n) is 10.1. The predicted octanol–water partition coefficient (Wildman–Crippen LogP) is 1.19. The van der Waals surface area contributed by atoms with E-state index in [2.05, 4.69) is 29.1 Å². The molecule has 0 atom stereocenters. The molecule has 0 saturated carbocycles. The fourth-order valence-corrected chi connectivity index (χ4v) is 1.36. The molecule has 90 valence electrons. The maximum absolute atomic E-state index is 8.92. The van der Waals surface area contributed by atoms with Crippen molar-refractivity contribution in [2.75, 3.05) is 24.2 Å². The standard InChI is InChI=1S/C11H20N4O/c1-8-9(12)14-7-15-10(8)13-6-11(2,3)4-5-16/h7,16H,4-6H2,1-3H3,(H3,12,13,14,15). The number of aromatic nitrogens is 2. The van der Waals surface area contributed by atoms with Crippen LogP contribution in [-0.2, 0) is 0 Å². The Hall–Kier alpha value is -1.36. The summed E-state index contributed by atoms with van der Waals surface area (Å²) < 4.78 is 0. The van der Waals surface area contributed by atoms with E-state index in [4.69, 9.17) is 10.8 Å². The molecule has 16 heavy (non-hydrogen) atoms. The lowest BCUT2D eigenvalue weighted by Crippen LogP contribution is -2.25. The second-order valence-corrected chi connectivity index (χ2v) is 4.72. The summed E-state index contributed by atoms with van der Waals surface area (Å²) in [7, 11) is 0. The van der Waals surface area contributed by atoms with Gasteiger partial charge in [-0.15, -0.1) is 0 Å². The van der Waals surface area contributed by atoms with Gasteiger partial charge in [0.25, 0.3) is 0 Å². The number of aliphatic hydroxyl groups is 1. The van der Waals surface area contributed by atoms with Gasteiger partial charge >= 0.3 is 0 Å². The molecular formula is C11H20N4O. The molecule has 0 aliphatic rings. The molecule has 0 aliphatic carbocycles. The largest absolute Gasteiger partial charge is 0.396 e. The summed E-state index contributed by atoms with van der Waals surface area (Å²) in [6, 6.07) is 0. The molecular weight excluding hydrogens is 204 g/mol. The predicted molar refractivity (Wildman–Crippen MR) is 65.2 cm³/mol. The summed E-state index contributed by atoms with van der Waals surface area (Å²) in [4.78, 5) is 8.04. The van der Waals surface area contributed by atoms with Crippen molar-refractivity contribution in [1.82, 2.24) is 9.97 Å². The molecule has 0 fully saturated rings. The Morgan fingerprint density at radius 2 is 2.12 bits per heavy atom. The van der Waals surface area contributed by atoms with E-state index in [9.17, 15) is 0 Å². The summed E-state index contributed by atoms with van der Waals surface area (Å²) in [6.45, 7) is 7.01. The lowest BCUT2D eigenvalue weighted by atomic mass is 9.90. The number of aliphatic hydroxyl groups excluding tert-OH is 1. The van der Waals surface area contributed by atoms with Gasteiger partial charge in [-0.1, -0.05) is 13.8 Å². The Morgan fingerprint density at radius 1 is 1.44 bits per heavy atom. The molecule has 0 spiro atoms. The summed E-state index contributed by atoms with van der Waals surface area (Å²) in [5, 5.41) is 12.2. The van der Waals surface area contributed by atoms with E-state index in [0.29, 0.717) is 5.82 Å². The van der Waals surface area contributed by atoms with Crippen LogP contribution in [-0.4, -0.2) is 28.2 Å². The smallest absolute Gasteiger partial charge is 0.134 e. The Balaban J connectivity index is 2.64. The van der Waals surface area contributed by atoms with E-state index >= 15 is 0 Å². The average Bonchev–Trinajstić information content (AvgIpc) is 2.20. The van der Waals surface area contributed by atoms with Crippen LogP contribution >= 0.6 is 0 Å². The zero-order valence-corrected chi connectivity index (χ0v) is 10.1. The van der Waals surface area contributed by atoms with Crippen LogP contribution in [0.5, 0.6) is 0 Å². The van der Waals surface area contributed by atoms with Crippen molar-refractivity contribution in [3.8, 4) is 0 Å². The normalized spacial score (nSPS) is 11.5. The Morgan fingerprint density at radius 3 is 2.75 bits per heavy atom. The maximum atomic E-state index is 8.92. The van der Waals surface area contributed by atoms with E-state index in [-0.39, 0.29) is 12.0 Å². The second-order valence-electron chi connectivity index (χ2n) is 4.72. The minimum atomic E-state index is 0.0287. The molecule has 1 aromatic rings. The van der Waals surface area contributed by atoms with E-state index < -0.39 is 0 Å². The number of nitrogens with one attached hydrogen (secondary N) is 1. The second kappa shape index (κ2) is 5.12. The van der Waals surface area contributed by atoms with Gasteiger partial charge in [-0.25, -0.2) is 9.97 Å². The first-order valence-corrected chi connectivity index (χ1v) is 5.38. The molecule has 4 N–H and O–H groups in total. The van der Waals surface area contributed by atoms with Crippen molar-refractivity contribution < 1.29 is 5.11 Å². The Bertz CT molecular complexity index is 352. The molecule has 1 rings (SSSR count). The number of rotatable bonds is 5.